The molecule has 1 saturated heterocycles. The van der Waals surface area contributed by atoms with Gasteiger partial charge in [-0.05, 0) is 18.1 Å². The minimum atomic E-state index is -0.0506. The molecule has 1 fully saturated rings. The van der Waals surface area contributed by atoms with E-state index < -0.39 is 0 Å². The van der Waals surface area contributed by atoms with Crippen LogP contribution in [0.15, 0.2) is 53.3 Å². The third kappa shape index (κ3) is 3.08. The van der Waals surface area contributed by atoms with E-state index in [4.69, 9.17) is 4.42 Å². The number of carbonyl (C=O) groups excluding carboxylic acids is 1. The molecule has 1 amide bonds. The lowest BCUT2D eigenvalue weighted by atomic mass is 10.2. The number of nitrogens with one attached hydrogen (secondary N) is 1. The topological polar surface area (TPSA) is 45.5 Å². The highest BCUT2D eigenvalue weighted by atomic mass is 16.3. The van der Waals surface area contributed by atoms with Gasteiger partial charge in [0.05, 0.1) is 11.8 Å². The Morgan fingerprint density at radius 1 is 1.30 bits per heavy atom. The van der Waals surface area contributed by atoms with Crippen LogP contribution in [0.2, 0.25) is 0 Å². The molecule has 1 unspecified atom stereocenters. The third-order valence-corrected chi connectivity index (χ3v) is 3.64. The highest BCUT2D eigenvalue weighted by Gasteiger charge is 2.24. The summed E-state index contributed by atoms with van der Waals surface area (Å²) < 4.78 is 4.93. The molecule has 0 aliphatic carbocycles. The number of hydrogen-bond acceptors (Lipinski definition) is 3. The Labute approximate surface area is 118 Å². The van der Waals surface area contributed by atoms with Gasteiger partial charge in [-0.1, -0.05) is 30.3 Å². The largest absolute Gasteiger partial charge is 0.472 e. The van der Waals surface area contributed by atoms with Crippen molar-refractivity contribution in [2.45, 2.75) is 19.0 Å². The van der Waals surface area contributed by atoms with Gasteiger partial charge in [-0.15, -0.1) is 0 Å². The van der Waals surface area contributed by atoms with Gasteiger partial charge in [0.2, 0.25) is 0 Å². The third-order valence-electron chi connectivity index (χ3n) is 3.64. The van der Waals surface area contributed by atoms with E-state index in [1.54, 1.807) is 6.07 Å². The zero-order chi connectivity index (χ0) is 13.8. The molecule has 20 heavy (non-hydrogen) atoms. The van der Waals surface area contributed by atoms with Gasteiger partial charge in [-0.2, -0.15) is 0 Å². The summed E-state index contributed by atoms with van der Waals surface area (Å²) in [4.78, 5) is 14.3. The second-order valence-electron chi connectivity index (χ2n) is 5.19. The number of benzene rings is 1. The van der Waals surface area contributed by atoms with Crippen molar-refractivity contribution >= 4 is 5.91 Å². The molecule has 2 heterocycles. The first-order chi connectivity index (χ1) is 9.81. The molecule has 104 valence electrons. The van der Waals surface area contributed by atoms with Crippen LogP contribution in [0.4, 0.5) is 0 Å². The molecule has 3 rings (SSSR count). The molecule has 1 aromatic heterocycles. The predicted molar refractivity (Wildman–Crippen MR) is 76.3 cm³/mol. The van der Waals surface area contributed by atoms with Gasteiger partial charge in [0, 0.05) is 25.7 Å². The van der Waals surface area contributed by atoms with Gasteiger partial charge in [-0.3, -0.25) is 9.69 Å². The number of furan rings is 1. The Morgan fingerprint density at radius 3 is 2.90 bits per heavy atom. The van der Waals surface area contributed by atoms with Crippen molar-refractivity contribution in [2.75, 3.05) is 13.1 Å². The van der Waals surface area contributed by atoms with Crippen molar-refractivity contribution in [3.05, 3.63) is 60.1 Å². The zero-order valence-corrected chi connectivity index (χ0v) is 11.3. The first-order valence-corrected chi connectivity index (χ1v) is 6.90. The summed E-state index contributed by atoms with van der Waals surface area (Å²) in [5.74, 6) is -0.0506. The molecule has 1 N–H and O–H groups in total. The van der Waals surface area contributed by atoms with Crippen LogP contribution in [0.25, 0.3) is 0 Å². The standard InChI is InChI=1S/C16H18N2O2/c19-16(14-7-9-20-12-14)17-15-6-8-18(11-15)10-13-4-2-1-3-5-13/h1-5,7,9,12,15H,6,8,10-11H2,(H,17,19). The van der Waals surface area contributed by atoms with Gasteiger partial charge in [0.15, 0.2) is 0 Å². The molecule has 0 bridgehead atoms. The molecule has 4 nitrogen and oxygen atoms in total. The van der Waals surface area contributed by atoms with E-state index in [9.17, 15) is 4.79 Å². The van der Waals surface area contributed by atoms with Gasteiger partial charge in [0.1, 0.15) is 6.26 Å². The molecule has 1 atom stereocenters. The lowest BCUT2D eigenvalue weighted by Crippen LogP contribution is -2.36. The Bertz CT molecular complexity index is 551. The van der Waals surface area contributed by atoms with E-state index in [1.807, 2.05) is 6.07 Å². The fourth-order valence-electron chi connectivity index (χ4n) is 2.60. The van der Waals surface area contributed by atoms with Crippen LogP contribution in [-0.2, 0) is 6.54 Å². The molecule has 4 heteroatoms. The van der Waals surface area contributed by atoms with Crippen LogP contribution in [0.1, 0.15) is 22.3 Å². The number of amides is 1. The van der Waals surface area contributed by atoms with Crippen molar-refractivity contribution in [3.63, 3.8) is 0 Å². The van der Waals surface area contributed by atoms with Crippen LogP contribution in [0.3, 0.4) is 0 Å². The second-order valence-corrected chi connectivity index (χ2v) is 5.19. The maximum Gasteiger partial charge on any atom is 0.254 e. The molecule has 1 aliphatic rings. The Morgan fingerprint density at radius 2 is 2.15 bits per heavy atom. The van der Waals surface area contributed by atoms with E-state index in [-0.39, 0.29) is 11.9 Å². The average molecular weight is 270 g/mol. The molecule has 2 aromatic rings. The zero-order valence-electron chi connectivity index (χ0n) is 11.3. The molecular formula is C16H18N2O2. The van der Waals surface area contributed by atoms with Crippen LogP contribution in [0, 0.1) is 0 Å². The summed E-state index contributed by atoms with van der Waals surface area (Å²) in [5, 5.41) is 3.06. The monoisotopic (exact) mass is 270 g/mol. The van der Waals surface area contributed by atoms with E-state index in [2.05, 4.69) is 34.5 Å². The lowest BCUT2D eigenvalue weighted by molar-refractivity contribution is 0.0937. The van der Waals surface area contributed by atoms with Crippen LogP contribution < -0.4 is 5.32 Å². The number of carbonyl (C=O) groups is 1. The van der Waals surface area contributed by atoms with Crippen molar-refractivity contribution < 1.29 is 9.21 Å². The van der Waals surface area contributed by atoms with Crippen LogP contribution in [-0.4, -0.2) is 29.9 Å². The van der Waals surface area contributed by atoms with Crippen LogP contribution in [0.5, 0.6) is 0 Å². The maximum atomic E-state index is 11.9. The van der Waals surface area contributed by atoms with Crippen molar-refractivity contribution in [3.8, 4) is 0 Å². The normalized spacial score (nSPS) is 19.1. The minimum Gasteiger partial charge on any atom is -0.472 e. The summed E-state index contributed by atoms with van der Waals surface area (Å²) in [6, 6.07) is 12.3. The van der Waals surface area contributed by atoms with Crippen molar-refractivity contribution in [1.29, 1.82) is 0 Å². The summed E-state index contributed by atoms with van der Waals surface area (Å²) in [6.07, 6.45) is 3.99. The molecular weight excluding hydrogens is 252 g/mol. The van der Waals surface area contributed by atoms with E-state index in [1.165, 1.54) is 18.1 Å². The van der Waals surface area contributed by atoms with Crippen molar-refractivity contribution in [2.24, 2.45) is 0 Å². The Kier molecular flexibility index (Phi) is 3.83. The fraction of sp³-hybridized carbons (Fsp3) is 0.312. The summed E-state index contributed by atoms with van der Waals surface area (Å²) in [7, 11) is 0. The summed E-state index contributed by atoms with van der Waals surface area (Å²) >= 11 is 0. The van der Waals surface area contributed by atoms with Gasteiger partial charge < -0.3 is 9.73 Å². The molecule has 1 aromatic carbocycles. The van der Waals surface area contributed by atoms with Gasteiger partial charge in [0.25, 0.3) is 5.91 Å². The summed E-state index contributed by atoms with van der Waals surface area (Å²) in [5.41, 5.74) is 1.90. The molecule has 0 saturated carbocycles. The molecule has 1 aliphatic heterocycles. The smallest absolute Gasteiger partial charge is 0.254 e. The number of rotatable bonds is 4. The predicted octanol–water partition coefficient (Wildman–Crippen LogP) is 2.28. The first-order valence-electron chi connectivity index (χ1n) is 6.90. The number of likely N-dealkylation sites (tertiary alicyclic amines) is 1. The quantitative estimate of drug-likeness (QED) is 0.927. The SMILES string of the molecule is O=C(NC1CCN(Cc2ccccc2)C1)c1ccoc1. The van der Waals surface area contributed by atoms with E-state index in [0.29, 0.717) is 5.56 Å². The molecule has 0 radical (unpaired) electrons. The van der Waals surface area contributed by atoms with Gasteiger partial charge in [-0.25, -0.2) is 0 Å². The minimum absolute atomic E-state index is 0.0506. The van der Waals surface area contributed by atoms with Crippen molar-refractivity contribution in [1.82, 2.24) is 10.2 Å². The number of hydrogen-bond donors (Lipinski definition) is 1. The second kappa shape index (κ2) is 5.92. The first kappa shape index (κ1) is 12.9. The Hall–Kier alpha value is -2.07. The molecule has 0 spiro atoms. The highest BCUT2D eigenvalue weighted by molar-refractivity contribution is 5.93. The van der Waals surface area contributed by atoms with Gasteiger partial charge >= 0.3 is 0 Å². The summed E-state index contributed by atoms with van der Waals surface area (Å²) in [6.45, 7) is 2.86. The van der Waals surface area contributed by atoms with E-state index in [0.717, 1.165) is 26.1 Å². The van der Waals surface area contributed by atoms with E-state index >= 15 is 0 Å². The maximum absolute atomic E-state index is 11.9. The number of nitrogens with zero attached hydrogens (tertiary/aromatic N) is 1. The Balaban J connectivity index is 1.51. The highest BCUT2D eigenvalue weighted by Crippen LogP contribution is 2.14. The fourth-order valence-corrected chi connectivity index (χ4v) is 2.60. The van der Waals surface area contributed by atoms with Crippen LogP contribution >= 0.6 is 0 Å². The average Bonchev–Trinajstić information content (AvgIpc) is 3.11. The lowest BCUT2D eigenvalue weighted by Gasteiger charge is -2.16.